The number of hydrogen-bond acceptors (Lipinski definition) is 14. The van der Waals surface area contributed by atoms with Crippen LogP contribution in [0.3, 0.4) is 0 Å². The number of ether oxygens (including phenoxy) is 2. The third kappa shape index (κ3) is 16.5. The molecule has 0 spiro atoms. The van der Waals surface area contributed by atoms with Crippen LogP contribution >= 0.6 is 0 Å². The molecule has 8 bridgehead atoms. The fourth-order valence-electron chi connectivity index (χ4n) is 10.7. The van der Waals surface area contributed by atoms with Crippen molar-refractivity contribution in [1.29, 1.82) is 0 Å². The van der Waals surface area contributed by atoms with Gasteiger partial charge in [0.2, 0.25) is 0 Å². The molecular formula is C76H82N6O10. The van der Waals surface area contributed by atoms with Crippen LogP contribution in [-0.2, 0) is 47.3 Å². The summed E-state index contributed by atoms with van der Waals surface area (Å²) < 4.78 is 13.9. The number of phenolic OH excluding ortho intramolecular Hbond substituents is 4. The van der Waals surface area contributed by atoms with Crippen molar-refractivity contribution in [3.63, 3.8) is 0 Å². The van der Waals surface area contributed by atoms with Gasteiger partial charge in [0.15, 0.2) is 0 Å². The van der Waals surface area contributed by atoms with Gasteiger partial charge in [-0.2, -0.15) is 20.5 Å². The largest absolute Gasteiger partial charge is 0.507 e. The minimum absolute atomic E-state index is 0.00332. The van der Waals surface area contributed by atoms with Crippen molar-refractivity contribution in [2.75, 3.05) is 26.3 Å². The monoisotopic (exact) mass is 1240 g/mol. The fourth-order valence-corrected chi connectivity index (χ4v) is 10.7. The molecule has 0 aliphatic heterocycles. The molecule has 476 valence electrons. The van der Waals surface area contributed by atoms with Crippen LogP contribution in [0.1, 0.15) is 182 Å². The molecule has 0 saturated heterocycles. The van der Waals surface area contributed by atoms with E-state index in [9.17, 15) is 40.2 Å². The van der Waals surface area contributed by atoms with Gasteiger partial charge < -0.3 is 40.1 Å². The summed E-state index contributed by atoms with van der Waals surface area (Å²) in [4.78, 5) is 32.1. The molecule has 8 aromatic rings. The molecule has 16 heteroatoms. The quantitative estimate of drug-likeness (QED) is 0.0303. The summed E-state index contributed by atoms with van der Waals surface area (Å²) in [5, 5.41) is 83.2. The van der Waals surface area contributed by atoms with Crippen molar-refractivity contribution in [3.8, 4) is 34.5 Å². The Morgan fingerprint density at radius 3 is 0.913 bits per heavy atom. The minimum Gasteiger partial charge on any atom is -0.507 e. The average Bonchev–Trinajstić information content (AvgIpc) is 0.858. The third-order valence-electron chi connectivity index (χ3n) is 16.2. The molecule has 0 fully saturated rings. The summed E-state index contributed by atoms with van der Waals surface area (Å²) in [5.41, 5.74) is 12.2. The molecule has 1 aliphatic rings. The lowest BCUT2D eigenvalue weighted by Crippen LogP contribution is -2.17. The number of carboxylic acid groups (broad SMARTS) is 2. The second kappa shape index (κ2) is 27.2. The number of azo groups is 2. The van der Waals surface area contributed by atoms with Crippen LogP contribution in [-0.4, -0.2) is 81.3 Å². The Labute approximate surface area is 538 Å². The maximum Gasteiger partial charge on any atom is 0.335 e. The summed E-state index contributed by atoms with van der Waals surface area (Å²) in [6.07, 6.45) is 4.33. The molecule has 16 nitrogen and oxygen atoms in total. The van der Waals surface area contributed by atoms with Crippen molar-refractivity contribution >= 4 is 47.1 Å². The van der Waals surface area contributed by atoms with Gasteiger partial charge >= 0.3 is 11.9 Å². The Kier molecular flexibility index (Phi) is 19.7. The second-order valence-electron chi connectivity index (χ2n) is 27.6. The van der Waals surface area contributed by atoms with E-state index in [2.05, 4.69) is 152 Å². The number of nitrogens with zero attached hydrogens (tertiary/aromatic N) is 6. The van der Waals surface area contributed by atoms with Crippen molar-refractivity contribution in [2.24, 2.45) is 30.4 Å². The summed E-state index contributed by atoms with van der Waals surface area (Å²) in [5.74, 6) is -0.508. The third-order valence-corrected chi connectivity index (χ3v) is 16.2. The van der Waals surface area contributed by atoms with Crippen molar-refractivity contribution in [2.45, 2.75) is 130 Å². The van der Waals surface area contributed by atoms with Crippen molar-refractivity contribution < 1.29 is 49.7 Å². The lowest BCUT2D eigenvalue weighted by atomic mass is 9.79. The van der Waals surface area contributed by atoms with E-state index in [0.29, 0.717) is 71.1 Å². The standard InChI is InChI=1S/C76H82N6O10/c1-73(2,3)57-33-47-29-51-37-59(75(7,8)9)39-53(69(51)91-27-25-77-43-55-41-63(21-23-65(55)83)81-79-61-17-13-45(14-18-61)71(87)88)31-49-35-58(74(4,5)6)36-50(68(49)86)32-54-40-60(76(10,11)12)38-52(30-48(34-57)67(47)85)70(54)92-28-26-78-44-56-42-64(22-24-66(56)84)82-80-62-19-15-46(16-20-62)72(89)90/h13-24,33-44,83-86H,25-32H2,1-12H3,(H,87,88)(H,89,90). The highest BCUT2D eigenvalue weighted by molar-refractivity contribution is 5.89. The first kappa shape index (κ1) is 66.5. The average molecular weight is 1240 g/mol. The highest BCUT2D eigenvalue weighted by Gasteiger charge is 2.29. The summed E-state index contributed by atoms with van der Waals surface area (Å²) in [6.45, 7) is 26.8. The number of fused-ring (bicyclic) bond motifs is 8. The molecule has 0 heterocycles. The number of benzene rings is 8. The molecule has 0 radical (unpaired) electrons. The normalized spacial score (nSPS) is 13.2. The Bertz CT molecular complexity index is 3830. The van der Waals surface area contributed by atoms with Gasteiger partial charge in [-0.15, -0.1) is 0 Å². The van der Waals surface area contributed by atoms with Crippen LogP contribution in [0.5, 0.6) is 34.5 Å². The zero-order valence-electron chi connectivity index (χ0n) is 54.5. The smallest absolute Gasteiger partial charge is 0.335 e. The first-order chi connectivity index (χ1) is 43.4. The van der Waals surface area contributed by atoms with Crippen molar-refractivity contribution in [3.05, 3.63) is 222 Å². The number of rotatable bonds is 16. The predicted octanol–water partition coefficient (Wildman–Crippen LogP) is 17.6. The van der Waals surface area contributed by atoms with E-state index in [1.165, 1.54) is 36.4 Å². The van der Waals surface area contributed by atoms with Crippen LogP contribution in [0.4, 0.5) is 22.7 Å². The zero-order chi connectivity index (χ0) is 66.5. The number of phenols is 4. The molecule has 92 heavy (non-hydrogen) atoms. The lowest BCUT2D eigenvalue weighted by Gasteiger charge is -2.28. The first-order valence-electron chi connectivity index (χ1n) is 30.8. The summed E-state index contributed by atoms with van der Waals surface area (Å²) in [7, 11) is 0. The van der Waals surface area contributed by atoms with Gasteiger partial charge in [0.1, 0.15) is 47.7 Å². The van der Waals surface area contributed by atoms with E-state index in [0.717, 1.165) is 66.8 Å². The van der Waals surface area contributed by atoms with Crippen LogP contribution in [0.2, 0.25) is 0 Å². The van der Waals surface area contributed by atoms with E-state index in [1.807, 2.05) is 0 Å². The molecule has 9 rings (SSSR count). The topological polar surface area (TPSA) is 248 Å². The Balaban J connectivity index is 1.10. The Morgan fingerprint density at radius 2 is 0.641 bits per heavy atom. The zero-order valence-corrected chi connectivity index (χ0v) is 54.5. The molecule has 0 amide bonds. The van der Waals surface area contributed by atoms with Gasteiger partial charge in [0, 0.05) is 49.2 Å². The van der Waals surface area contributed by atoms with E-state index >= 15 is 0 Å². The van der Waals surface area contributed by atoms with E-state index in [-0.39, 0.29) is 82.1 Å². The van der Waals surface area contributed by atoms with E-state index in [1.54, 1.807) is 61.0 Å². The Morgan fingerprint density at radius 1 is 0.380 bits per heavy atom. The van der Waals surface area contributed by atoms with Crippen molar-refractivity contribution in [1.82, 2.24) is 0 Å². The van der Waals surface area contributed by atoms with Gasteiger partial charge in [0.25, 0.3) is 0 Å². The number of aliphatic imine (C=N–C) groups is 2. The molecule has 0 atom stereocenters. The summed E-state index contributed by atoms with van der Waals surface area (Å²) in [6, 6.07) is 38.8. The predicted molar refractivity (Wildman–Crippen MR) is 362 cm³/mol. The molecule has 6 N–H and O–H groups in total. The van der Waals surface area contributed by atoms with Gasteiger partial charge in [-0.05, 0) is 173 Å². The molecular weight excluding hydrogens is 1160 g/mol. The van der Waals surface area contributed by atoms with Crippen LogP contribution in [0.25, 0.3) is 0 Å². The van der Waals surface area contributed by atoms with E-state index in [4.69, 9.17) is 19.5 Å². The van der Waals surface area contributed by atoms with Crippen LogP contribution in [0.15, 0.2) is 164 Å². The Hall–Kier alpha value is -9.96. The highest BCUT2D eigenvalue weighted by Crippen LogP contribution is 2.44. The molecule has 0 unspecified atom stereocenters. The molecule has 0 saturated carbocycles. The van der Waals surface area contributed by atoms with Gasteiger partial charge in [-0.25, -0.2) is 9.59 Å². The fraction of sp³-hybridized carbons (Fsp3) is 0.316. The number of hydrogen-bond donors (Lipinski definition) is 6. The first-order valence-corrected chi connectivity index (χ1v) is 30.8. The summed E-state index contributed by atoms with van der Waals surface area (Å²) >= 11 is 0. The van der Waals surface area contributed by atoms with Gasteiger partial charge in [-0.3, -0.25) is 9.98 Å². The van der Waals surface area contributed by atoms with Crippen LogP contribution < -0.4 is 9.47 Å². The van der Waals surface area contributed by atoms with Crippen LogP contribution in [0, 0.1) is 0 Å². The number of aromatic carboxylic acids is 2. The lowest BCUT2D eigenvalue weighted by molar-refractivity contribution is 0.0686. The maximum absolute atomic E-state index is 12.9. The number of aromatic hydroxyl groups is 4. The number of carboxylic acids is 2. The van der Waals surface area contributed by atoms with Gasteiger partial charge in [-0.1, -0.05) is 132 Å². The maximum atomic E-state index is 12.9. The van der Waals surface area contributed by atoms with E-state index < -0.39 is 11.9 Å². The SMILES string of the molecule is CC(C)(C)c1cc2c(O)c(c1)Cc1cc(C(C)(C)C)cc(c1OCCN=Cc1cc(N=Nc3ccc(C(=O)O)cc3)ccc1O)Cc1cc(C(C)(C)C)cc(c1O)Cc1cc(C(C)(C)C)cc(c1OCCN=Cc1cc(N=Nc3ccc(C(=O)O)cc3)ccc1O)C2. The van der Waals surface area contributed by atoms with Gasteiger partial charge in [0.05, 0.1) is 47.0 Å². The number of carbonyl (C=O) groups is 2. The minimum atomic E-state index is -1.04. The molecule has 8 aromatic carbocycles. The second-order valence-corrected chi connectivity index (χ2v) is 27.6. The molecule has 1 aliphatic carbocycles. The highest BCUT2D eigenvalue weighted by atomic mass is 16.5. The molecule has 0 aromatic heterocycles.